The van der Waals surface area contributed by atoms with Crippen LogP contribution in [0.2, 0.25) is 0 Å². The zero-order chi connectivity index (χ0) is 70.3. The third-order valence-electron chi connectivity index (χ3n) is 15.7. The van der Waals surface area contributed by atoms with Crippen LogP contribution in [0.1, 0.15) is 139 Å². The van der Waals surface area contributed by atoms with Crippen LogP contribution >= 0.6 is 63.7 Å². The van der Waals surface area contributed by atoms with Crippen molar-refractivity contribution in [3.8, 4) is 46.0 Å². The summed E-state index contributed by atoms with van der Waals surface area (Å²) in [6.45, 7) is 17.4. The minimum absolute atomic E-state index is 0.186. The van der Waals surface area contributed by atoms with E-state index in [4.69, 9.17) is 61.6 Å². The molecule has 3 saturated heterocycles. The van der Waals surface area contributed by atoms with E-state index < -0.39 is 11.2 Å². The molecule has 3 heterocycles. The molecule has 3 aliphatic heterocycles. The summed E-state index contributed by atoms with van der Waals surface area (Å²) in [7, 11) is 14.4. The fourth-order valence-corrected chi connectivity index (χ4v) is 12.6. The van der Waals surface area contributed by atoms with Crippen LogP contribution in [0.5, 0.6) is 46.0 Å². The molecule has 24 heteroatoms. The third-order valence-corrected chi connectivity index (χ3v) is 17.5. The van der Waals surface area contributed by atoms with E-state index in [0.717, 1.165) is 142 Å². The first-order valence-electron chi connectivity index (χ1n) is 32.0. The lowest BCUT2D eigenvalue weighted by Gasteiger charge is -2.37. The molecule has 0 spiro atoms. The number of nitrogens with zero attached hydrogens (tertiary/aromatic N) is 3. The van der Waals surface area contributed by atoms with Gasteiger partial charge in [-0.25, -0.2) is 9.59 Å². The number of piperidine rings is 3. The van der Waals surface area contributed by atoms with Gasteiger partial charge in [-0.05, 0) is 154 Å². The van der Waals surface area contributed by atoms with Gasteiger partial charge in [0.2, 0.25) is 0 Å². The molecule has 4 aromatic carbocycles. The van der Waals surface area contributed by atoms with Gasteiger partial charge in [0.1, 0.15) is 63.5 Å². The molecule has 0 bridgehead atoms. The molecule has 20 nitrogen and oxygen atoms in total. The maximum Gasteiger partial charge on any atom is 0.410 e. The summed E-state index contributed by atoms with van der Waals surface area (Å²) >= 11 is 13.5. The van der Waals surface area contributed by atoms with Crippen molar-refractivity contribution >= 4 is 94.6 Å². The molecular formula is C71H101Br4N3O17. The lowest BCUT2D eigenvalue weighted by molar-refractivity contribution is -0.107. The predicted octanol–water partition coefficient (Wildman–Crippen LogP) is 16.2. The number of rotatable bonds is 20. The Labute approximate surface area is 597 Å². The third kappa shape index (κ3) is 28.5. The van der Waals surface area contributed by atoms with Crippen molar-refractivity contribution in [1.29, 1.82) is 0 Å². The highest BCUT2D eigenvalue weighted by Gasteiger charge is 2.32. The fraction of sp³-hybridized carbons (Fsp3) is 0.577. The number of aldehydes is 2. The number of halogens is 4. The summed E-state index contributed by atoms with van der Waals surface area (Å²) in [5.74, 6) is 5.49. The van der Waals surface area contributed by atoms with E-state index in [0.29, 0.717) is 72.7 Å². The molecule has 4 fully saturated rings. The van der Waals surface area contributed by atoms with Gasteiger partial charge >= 0.3 is 12.2 Å². The minimum Gasteiger partial charge on any atom is -0.504 e. The van der Waals surface area contributed by atoms with E-state index >= 15 is 0 Å². The van der Waals surface area contributed by atoms with Crippen LogP contribution in [0.3, 0.4) is 0 Å². The average Bonchev–Trinajstić information content (AvgIpc) is 0.984. The number of ether oxygens (including phenoxy) is 13. The van der Waals surface area contributed by atoms with Gasteiger partial charge in [-0.15, -0.1) is 0 Å². The van der Waals surface area contributed by atoms with Gasteiger partial charge in [-0.1, -0.05) is 83.0 Å². The Morgan fingerprint density at radius 2 is 0.758 bits per heavy atom. The number of likely N-dealkylation sites (tertiary alicyclic amines) is 3. The summed E-state index contributed by atoms with van der Waals surface area (Å²) in [5.41, 5.74) is 2.29. The van der Waals surface area contributed by atoms with E-state index in [-0.39, 0.29) is 18.3 Å². The van der Waals surface area contributed by atoms with Crippen molar-refractivity contribution < 1.29 is 80.8 Å². The molecule has 4 aliphatic rings. The number of carbonyl (C=O) groups excluding carboxylic acids is 4. The molecule has 0 N–H and O–H groups in total. The maximum atomic E-state index is 12.2. The number of hydrogen-bond donors (Lipinski definition) is 0. The van der Waals surface area contributed by atoms with Gasteiger partial charge < -0.3 is 81.1 Å². The Kier molecular flexibility index (Phi) is 36.5. The van der Waals surface area contributed by atoms with Gasteiger partial charge in [0.05, 0.1) is 106 Å². The van der Waals surface area contributed by atoms with Gasteiger partial charge in [0.25, 0.3) is 0 Å². The lowest BCUT2D eigenvalue weighted by Crippen LogP contribution is -2.45. The van der Waals surface area contributed by atoms with E-state index in [1.807, 2.05) is 70.7 Å². The van der Waals surface area contributed by atoms with Gasteiger partial charge in [0.15, 0.2) is 6.29 Å². The maximum absolute atomic E-state index is 12.2. The molecular weight excluding hydrogens is 1490 g/mol. The lowest BCUT2D eigenvalue weighted by atomic mass is 9.97. The topological polar surface area (TPSA) is 198 Å². The van der Waals surface area contributed by atoms with Crippen LogP contribution in [-0.4, -0.2) is 185 Å². The normalized spacial score (nSPS) is 15.7. The summed E-state index contributed by atoms with van der Waals surface area (Å²) in [6, 6.07) is 14.8. The van der Waals surface area contributed by atoms with Crippen molar-refractivity contribution in [2.45, 2.75) is 161 Å². The monoisotopic (exact) mass is 1580 g/mol. The number of methoxy groups -OCH3 is 9. The van der Waals surface area contributed by atoms with E-state index in [9.17, 15) is 19.2 Å². The first kappa shape index (κ1) is 81.9. The van der Waals surface area contributed by atoms with E-state index in [1.165, 1.54) is 46.3 Å². The van der Waals surface area contributed by atoms with Crippen LogP contribution in [0.15, 0.2) is 72.7 Å². The van der Waals surface area contributed by atoms with Crippen molar-refractivity contribution in [3.63, 3.8) is 0 Å². The van der Waals surface area contributed by atoms with Crippen molar-refractivity contribution in [3.05, 3.63) is 94.9 Å². The van der Waals surface area contributed by atoms with Crippen LogP contribution < -0.4 is 37.9 Å². The zero-order valence-electron chi connectivity index (χ0n) is 58.2. The Bertz CT molecular complexity index is 2920. The molecule has 0 aromatic heterocycles. The van der Waals surface area contributed by atoms with Crippen molar-refractivity contribution in [1.82, 2.24) is 14.7 Å². The van der Waals surface area contributed by atoms with E-state index in [2.05, 4.69) is 68.6 Å². The smallest absolute Gasteiger partial charge is 0.410 e. The molecule has 8 rings (SSSR count). The zero-order valence-corrected chi connectivity index (χ0v) is 64.5. The van der Waals surface area contributed by atoms with Crippen LogP contribution in [0, 0.1) is 0 Å². The second-order valence-corrected chi connectivity index (χ2v) is 28.4. The number of hydrogen-bond acceptors (Lipinski definition) is 18. The summed E-state index contributed by atoms with van der Waals surface area (Å²) in [6.07, 6.45) is 19.1. The predicted molar refractivity (Wildman–Crippen MR) is 384 cm³/mol. The van der Waals surface area contributed by atoms with Gasteiger partial charge in [-0.2, -0.15) is 0 Å². The Hall–Kier alpha value is -5.50. The first-order valence-corrected chi connectivity index (χ1v) is 35.2. The Morgan fingerprint density at radius 1 is 0.442 bits per heavy atom. The van der Waals surface area contributed by atoms with Crippen LogP contribution in [-0.2, 0) is 41.3 Å². The first-order chi connectivity index (χ1) is 45.3. The van der Waals surface area contributed by atoms with Crippen LogP contribution in [0.25, 0.3) is 6.08 Å². The summed E-state index contributed by atoms with van der Waals surface area (Å²) < 4.78 is 73.9. The highest BCUT2D eigenvalue weighted by atomic mass is 79.9. The minimum atomic E-state index is -0.452. The summed E-state index contributed by atoms with van der Waals surface area (Å²) in [4.78, 5) is 51.5. The van der Waals surface area contributed by atoms with Crippen molar-refractivity contribution in [2.24, 2.45) is 0 Å². The van der Waals surface area contributed by atoms with Crippen molar-refractivity contribution in [2.75, 3.05) is 110 Å². The molecule has 0 unspecified atom stereocenters. The number of carbonyl (C=O) groups is 4. The molecule has 95 heavy (non-hydrogen) atoms. The standard InChI is InChI=1S/C25H39BrN2O5.C16H29NO3.C11H13BrO3.C10H11BrO3.C9H9BrO3/c1-25(2,3)33-24(29)28-14-8-20(9-15-28)32-19-6-11-27(12-7-19)13-10-21-22(30-4)16-18(26)17-23(21)31-5;1-16(2,3)20-15(18)17-11-9-14(10-12-17)19-13-7-5-4-6-8-13;1-13-5-4-9-10(14-2)6-8(12)7-11(9)15-3;1-13-9-5-7(11)6-10(14-2)8(9)3-4-12;1-12-8-3-6(10)4-9(13-2)7(8)5-11/h16-17,19-20H,6-15H2,1-5H3;13-14H,4-12H2,1-3H3;4-7H,1-3H3;4-6H,3H2,1-2H3;3-5H,1-2H3. The summed E-state index contributed by atoms with van der Waals surface area (Å²) in [5, 5.41) is 0. The number of amides is 2. The largest absolute Gasteiger partial charge is 0.504 e. The molecule has 0 radical (unpaired) electrons. The molecule has 0 atom stereocenters. The van der Waals surface area contributed by atoms with Gasteiger partial charge in [0, 0.05) is 81.3 Å². The second-order valence-electron chi connectivity index (χ2n) is 24.7. The second kappa shape index (κ2) is 42.3. The molecule has 2 amide bonds. The molecule has 4 aromatic rings. The Balaban J connectivity index is 0.000000267. The molecule has 530 valence electrons. The number of benzene rings is 4. The van der Waals surface area contributed by atoms with E-state index in [1.54, 1.807) is 91.3 Å². The Morgan fingerprint density at radius 3 is 1.07 bits per heavy atom. The average molecular weight is 1590 g/mol. The highest BCUT2D eigenvalue weighted by Crippen LogP contribution is 2.37. The highest BCUT2D eigenvalue weighted by molar-refractivity contribution is 9.11. The quantitative estimate of drug-likeness (QED) is 0.0597. The van der Waals surface area contributed by atoms with Crippen LogP contribution in [0.4, 0.5) is 9.59 Å². The molecule has 1 aliphatic carbocycles. The SMILES string of the molecule is CC(C)(C)OC(=O)N1CCC(OC2CCCCC2)CC1.COC=Cc1c(OC)cc(Br)cc1OC.COc1cc(Br)cc(OC)c1C=O.COc1cc(Br)cc(OC)c1CC=O.COc1cc(Br)cc(OC)c1CCN1CCC(OC2CCN(C(=O)OC(C)(C)C)CC2)CC1. The fourth-order valence-electron chi connectivity index (χ4n) is 11.0. The van der Waals surface area contributed by atoms with Gasteiger partial charge in [-0.3, -0.25) is 4.79 Å². The molecule has 1 saturated carbocycles.